The van der Waals surface area contributed by atoms with E-state index in [2.05, 4.69) is 15.7 Å². The van der Waals surface area contributed by atoms with Gasteiger partial charge < -0.3 is 10.2 Å². The van der Waals surface area contributed by atoms with Crippen LogP contribution in [0.1, 0.15) is 18.4 Å². The zero-order chi connectivity index (χ0) is 17.8. The first-order chi connectivity index (χ1) is 12.0. The molecule has 8 nitrogen and oxygen atoms in total. The maximum absolute atomic E-state index is 12.3. The lowest BCUT2D eigenvalue weighted by Crippen LogP contribution is -2.32. The molecular formula is C17H19N5O3. The first-order valence-electron chi connectivity index (χ1n) is 7.97. The van der Waals surface area contributed by atoms with Gasteiger partial charge in [-0.2, -0.15) is 5.10 Å². The second-order valence-electron chi connectivity index (χ2n) is 5.92. The number of nitrogens with one attached hydrogen (secondary N) is 2. The highest BCUT2D eigenvalue weighted by atomic mass is 16.2. The van der Waals surface area contributed by atoms with Gasteiger partial charge >= 0.3 is 6.03 Å². The molecule has 0 bridgehead atoms. The minimum absolute atomic E-state index is 0.0848. The Morgan fingerprint density at radius 3 is 2.84 bits per heavy atom. The molecule has 2 aromatic rings. The van der Waals surface area contributed by atoms with Crippen LogP contribution in [0, 0.1) is 0 Å². The van der Waals surface area contributed by atoms with Crippen LogP contribution in [0.25, 0.3) is 5.69 Å². The number of aromatic nitrogens is 2. The van der Waals surface area contributed by atoms with Crippen LogP contribution in [-0.2, 0) is 16.1 Å². The first kappa shape index (κ1) is 16.7. The summed E-state index contributed by atoms with van der Waals surface area (Å²) in [5.74, 6) is -0.467. The molecule has 1 aromatic heterocycles. The van der Waals surface area contributed by atoms with Crippen molar-refractivity contribution in [2.45, 2.75) is 25.4 Å². The molecular weight excluding hydrogens is 322 g/mol. The number of carbonyl (C=O) groups excluding carboxylic acids is 3. The molecule has 4 amide bonds. The molecule has 25 heavy (non-hydrogen) atoms. The molecule has 1 aliphatic heterocycles. The SMILES string of the molecule is CN(Cc1cccc(-n2cccn2)c1)C(=O)CC[C@H]1NC(=O)NC1=O. The van der Waals surface area contributed by atoms with Crippen molar-refractivity contribution in [3.8, 4) is 5.69 Å². The van der Waals surface area contributed by atoms with Gasteiger partial charge in [0.25, 0.3) is 5.91 Å². The Balaban J connectivity index is 1.55. The third-order valence-corrected chi connectivity index (χ3v) is 4.03. The van der Waals surface area contributed by atoms with Gasteiger partial charge in [0.1, 0.15) is 6.04 Å². The summed E-state index contributed by atoms with van der Waals surface area (Å²) in [6, 6.07) is 8.49. The van der Waals surface area contributed by atoms with Crippen molar-refractivity contribution < 1.29 is 14.4 Å². The van der Waals surface area contributed by atoms with Crippen LogP contribution in [0.15, 0.2) is 42.7 Å². The predicted octanol–water partition coefficient (Wildman–Crippen LogP) is 0.819. The number of amides is 4. The van der Waals surface area contributed by atoms with E-state index in [0.717, 1.165) is 11.3 Å². The van der Waals surface area contributed by atoms with Gasteiger partial charge in [-0.1, -0.05) is 12.1 Å². The van der Waals surface area contributed by atoms with E-state index in [1.807, 2.05) is 36.5 Å². The fourth-order valence-corrected chi connectivity index (χ4v) is 2.70. The highest BCUT2D eigenvalue weighted by Gasteiger charge is 2.29. The Bertz CT molecular complexity index is 787. The second-order valence-corrected chi connectivity index (χ2v) is 5.92. The van der Waals surface area contributed by atoms with E-state index in [9.17, 15) is 14.4 Å². The third kappa shape index (κ3) is 4.03. The van der Waals surface area contributed by atoms with E-state index in [4.69, 9.17) is 0 Å². The van der Waals surface area contributed by atoms with Gasteiger partial charge in [0.2, 0.25) is 5.91 Å². The number of nitrogens with zero attached hydrogens (tertiary/aromatic N) is 3. The number of hydrogen-bond acceptors (Lipinski definition) is 4. The lowest BCUT2D eigenvalue weighted by molar-refractivity contribution is -0.130. The summed E-state index contributed by atoms with van der Waals surface area (Å²) in [5.41, 5.74) is 1.91. The molecule has 0 aliphatic carbocycles. The smallest absolute Gasteiger partial charge is 0.322 e. The topological polar surface area (TPSA) is 96.3 Å². The van der Waals surface area contributed by atoms with Gasteiger partial charge in [0.05, 0.1) is 5.69 Å². The van der Waals surface area contributed by atoms with Crippen molar-refractivity contribution in [1.82, 2.24) is 25.3 Å². The molecule has 1 atom stereocenters. The molecule has 0 spiro atoms. The number of urea groups is 1. The van der Waals surface area contributed by atoms with Crippen molar-refractivity contribution in [2.24, 2.45) is 0 Å². The Morgan fingerprint density at radius 2 is 2.16 bits per heavy atom. The Labute approximate surface area is 144 Å². The van der Waals surface area contributed by atoms with Gasteiger partial charge in [0, 0.05) is 32.4 Å². The van der Waals surface area contributed by atoms with Crippen LogP contribution in [0.3, 0.4) is 0 Å². The Hall–Kier alpha value is -3.16. The normalized spacial score (nSPS) is 16.4. The van der Waals surface area contributed by atoms with Crippen LogP contribution in [0.5, 0.6) is 0 Å². The highest BCUT2D eigenvalue weighted by Crippen LogP contribution is 2.12. The van der Waals surface area contributed by atoms with Gasteiger partial charge in [-0.25, -0.2) is 9.48 Å². The molecule has 0 unspecified atom stereocenters. The summed E-state index contributed by atoms with van der Waals surface area (Å²) in [6.45, 7) is 0.456. The van der Waals surface area contributed by atoms with Gasteiger partial charge in [-0.3, -0.25) is 14.9 Å². The lowest BCUT2D eigenvalue weighted by Gasteiger charge is -2.18. The fourth-order valence-electron chi connectivity index (χ4n) is 2.70. The summed E-state index contributed by atoms with van der Waals surface area (Å²) in [7, 11) is 1.72. The van der Waals surface area contributed by atoms with Crippen molar-refractivity contribution in [3.63, 3.8) is 0 Å². The van der Waals surface area contributed by atoms with E-state index in [1.165, 1.54) is 0 Å². The van der Waals surface area contributed by atoms with Crippen molar-refractivity contribution >= 4 is 17.8 Å². The first-order valence-corrected chi connectivity index (χ1v) is 7.97. The third-order valence-electron chi connectivity index (χ3n) is 4.03. The molecule has 1 saturated heterocycles. The van der Waals surface area contributed by atoms with Crippen molar-refractivity contribution in [2.75, 3.05) is 7.05 Å². The molecule has 0 saturated carbocycles. The van der Waals surface area contributed by atoms with E-state index in [1.54, 1.807) is 22.8 Å². The Kier molecular flexibility index (Phi) is 4.78. The average molecular weight is 341 g/mol. The van der Waals surface area contributed by atoms with Gasteiger partial charge in [-0.15, -0.1) is 0 Å². The molecule has 0 radical (unpaired) electrons. The van der Waals surface area contributed by atoms with Crippen molar-refractivity contribution in [1.29, 1.82) is 0 Å². The minimum atomic E-state index is -0.631. The van der Waals surface area contributed by atoms with Crippen LogP contribution in [-0.4, -0.2) is 45.6 Å². The zero-order valence-corrected chi connectivity index (χ0v) is 13.8. The standard InChI is InChI=1S/C17H19N5O3/c1-21(15(23)7-6-14-16(24)20-17(25)19-14)11-12-4-2-5-13(10-12)22-9-3-8-18-22/h2-5,8-10,14H,6-7,11H2,1H3,(H2,19,20,24,25)/t14-/m1/s1. The Morgan fingerprint density at radius 1 is 1.32 bits per heavy atom. The second kappa shape index (κ2) is 7.16. The molecule has 8 heteroatoms. The van der Waals surface area contributed by atoms with Crippen molar-refractivity contribution in [3.05, 3.63) is 48.3 Å². The van der Waals surface area contributed by atoms with E-state index < -0.39 is 12.1 Å². The molecule has 2 heterocycles. The molecule has 3 rings (SSSR count). The van der Waals surface area contributed by atoms with Crippen LogP contribution in [0.2, 0.25) is 0 Å². The van der Waals surface area contributed by atoms with Crippen LogP contribution in [0.4, 0.5) is 4.79 Å². The number of benzene rings is 1. The summed E-state index contributed by atoms with van der Waals surface area (Å²) in [5, 5.41) is 8.84. The number of imide groups is 1. The van der Waals surface area contributed by atoms with Gasteiger partial charge in [0.15, 0.2) is 0 Å². The minimum Gasteiger partial charge on any atom is -0.341 e. The number of rotatable bonds is 6. The summed E-state index contributed by atoms with van der Waals surface area (Å²) < 4.78 is 1.76. The van der Waals surface area contributed by atoms with E-state index in [-0.39, 0.29) is 24.7 Å². The molecule has 1 aromatic carbocycles. The largest absolute Gasteiger partial charge is 0.341 e. The molecule has 130 valence electrons. The quantitative estimate of drug-likeness (QED) is 0.760. The zero-order valence-electron chi connectivity index (χ0n) is 13.8. The highest BCUT2D eigenvalue weighted by molar-refractivity contribution is 6.04. The molecule has 1 fully saturated rings. The maximum Gasteiger partial charge on any atom is 0.322 e. The summed E-state index contributed by atoms with van der Waals surface area (Å²) in [6.07, 6.45) is 4.04. The average Bonchev–Trinajstić information content (AvgIpc) is 3.22. The molecule has 1 aliphatic rings. The monoisotopic (exact) mass is 341 g/mol. The maximum atomic E-state index is 12.3. The summed E-state index contributed by atoms with van der Waals surface area (Å²) in [4.78, 5) is 36.4. The predicted molar refractivity (Wildman–Crippen MR) is 89.7 cm³/mol. The van der Waals surface area contributed by atoms with E-state index in [0.29, 0.717) is 6.54 Å². The van der Waals surface area contributed by atoms with Gasteiger partial charge in [-0.05, 0) is 30.2 Å². The summed E-state index contributed by atoms with van der Waals surface area (Å²) >= 11 is 0. The fraction of sp³-hybridized carbons (Fsp3) is 0.294. The number of carbonyl (C=O) groups is 3. The van der Waals surface area contributed by atoms with Crippen LogP contribution >= 0.6 is 0 Å². The lowest BCUT2D eigenvalue weighted by atomic mass is 10.1. The number of hydrogen-bond donors (Lipinski definition) is 2. The molecule has 2 N–H and O–H groups in total. The van der Waals surface area contributed by atoms with E-state index >= 15 is 0 Å². The van der Waals surface area contributed by atoms with Crippen LogP contribution < -0.4 is 10.6 Å².